The second kappa shape index (κ2) is 11.4. The molecule has 0 aliphatic rings. The molecule has 2 unspecified atom stereocenters. The van der Waals surface area contributed by atoms with Gasteiger partial charge in [0.05, 0.1) is 39.3 Å². The number of aromatic nitrogens is 2. The quantitative estimate of drug-likeness (QED) is 0.359. The number of ether oxygens (including phenoxy) is 2. The van der Waals surface area contributed by atoms with Crippen molar-refractivity contribution in [1.82, 2.24) is 9.55 Å². The van der Waals surface area contributed by atoms with Crippen molar-refractivity contribution in [2.75, 3.05) is 19.1 Å². The molecule has 2 atom stereocenters. The van der Waals surface area contributed by atoms with Gasteiger partial charge in [-0.15, -0.1) is 11.6 Å². The van der Waals surface area contributed by atoms with Gasteiger partial charge < -0.3 is 19.1 Å². The Morgan fingerprint density at radius 1 is 1.06 bits per heavy atom. The summed E-state index contributed by atoms with van der Waals surface area (Å²) in [5.41, 5.74) is 0. The van der Waals surface area contributed by atoms with E-state index in [9.17, 15) is 13.5 Å². The zero-order chi connectivity index (χ0) is 24.0. The van der Waals surface area contributed by atoms with Crippen molar-refractivity contribution in [3.05, 3.63) is 65.2 Å². The molecule has 1 aromatic heterocycles. The number of imidazole rings is 1. The van der Waals surface area contributed by atoms with Crippen LogP contribution < -0.4 is 9.47 Å². The van der Waals surface area contributed by atoms with Crippen LogP contribution in [-0.2, 0) is 16.4 Å². The molecule has 7 nitrogen and oxygen atoms in total. The van der Waals surface area contributed by atoms with E-state index in [4.69, 9.17) is 44.3 Å². The molecule has 0 saturated heterocycles. The number of halogens is 3. The van der Waals surface area contributed by atoms with Crippen molar-refractivity contribution in [2.45, 2.75) is 29.4 Å². The highest BCUT2D eigenvalue weighted by Crippen LogP contribution is 2.37. The fourth-order valence-corrected chi connectivity index (χ4v) is 4.96. The molecule has 0 bridgehead atoms. The molecule has 33 heavy (non-hydrogen) atoms. The molecule has 0 saturated carbocycles. The summed E-state index contributed by atoms with van der Waals surface area (Å²) in [6, 6.07) is 8.49. The highest BCUT2D eigenvalue weighted by molar-refractivity contribution is 7.91. The van der Waals surface area contributed by atoms with Gasteiger partial charge in [0, 0.05) is 24.2 Å². The molecule has 0 aliphatic heterocycles. The number of hydrogen-bond acceptors (Lipinski definition) is 6. The van der Waals surface area contributed by atoms with Gasteiger partial charge in [0.1, 0.15) is 18.5 Å². The molecule has 178 valence electrons. The van der Waals surface area contributed by atoms with Crippen LogP contribution in [0.4, 0.5) is 0 Å². The third kappa shape index (κ3) is 6.77. The number of alkyl halides is 1. The zero-order valence-corrected chi connectivity index (χ0v) is 20.8. The maximum Gasteiger partial charge on any atom is 0.206 e. The highest BCUT2D eigenvalue weighted by Gasteiger charge is 2.22. The number of rotatable bonds is 11. The van der Waals surface area contributed by atoms with Gasteiger partial charge in [-0.05, 0) is 36.4 Å². The van der Waals surface area contributed by atoms with Gasteiger partial charge in [0.2, 0.25) is 9.84 Å². The largest absolute Gasteiger partial charge is 0.491 e. The summed E-state index contributed by atoms with van der Waals surface area (Å²) in [5, 5.41) is 10.2. The molecule has 3 aromatic rings. The van der Waals surface area contributed by atoms with Gasteiger partial charge >= 0.3 is 0 Å². The predicted molar refractivity (Wildman–Crippen MR) is 127 cm³/mol. The van der Waals surface area contributed by atoms with Crippen LogP contribution in [0.25, 0.3) is 0 Å². The van der Waals surface area contributed by atoms with Gasteiger partial charge in [0.25, 0.3) is 0 Å². The lowest BCUT2D eigenvalue weighted by Gasteiger charge is -2.15. The predicted octanol–water partition coefficient (Wildman–Crippen LogP) is 4.72. The second-order valence-corrected chi connectivity index (χ2v) is 10.6. The molecule has 0 spiro atoms. The number of hydrogen-bond donors (Lipinski definition) is 1. The lowest BCUT2D eigenvalue weighted by Crippen LogP contribution is -2.23. The smallest absolute Gasteiger partial charge is 0.206 e. The Morgan fingerprint density at radius 2 is 1.73 bits per heavy atom. The van der Waals surface area contributed by atoms with Crippen LogP contribution in [0, 0.1) is 5.92 Å². The lowest BCUT2D eigenvalue weighted by atomic mass is 10.2. The molecule has 2 aromatic carbocycles. The molecule has 11 heteroatoms. The minimum atomic E-state index is -3.88. The standard InChI is InChI=1S/C22H23Cl3N2O5S/c1-15(10-23)12-32-22-20(24)8-19(9-21(22)25)33(29,30)18-4-2-17(3-5-18)31-13-16(28)11-27-7-6-26-14-27/h2-9,14-16,28H,10-13H2,1H3. The van der Waals surface area contributed by atoms with E-state index < -0.39 is 15.9 Å². The van der Waals surface area contributed by atoms with Crippen molar-refractivity contribution < 1.29 is 23.0 Å². The average Bonchev–Trinajstić information content (AvgIpc) is 3.30. The van der Waals surface area contributed by atoms with Crippen molar-refractivity contribution in [3.63, 3.8) is 0 Å². The van der Waals surface area contributed by atoms with Crippen molar-refractivity contribution in [3.8, 4) is 11.5 Å². The Bertz CT molecular complexity index is 1130. The van der Waals surface area contributed by atoms with Gasteiger partial charge in [-0.1, -0.05) is 30.1 Å². The topological polar surface area (TPSA) is 90.7 Å². The Labute approximate surface area is 207 Å². The summed E-state index contributed by atoms with van der Waals surface area (Å²) in [4.78, 5) is 3.90. The zero-order valence-electron chi connectivity index (χ0n) is 17.7. The molecular weight excluding hydrogens is 511 g/mol. The highest BCUT2D eigenvalue weighted by atomic mass is 35.5. The Hall–Kier alpha value is -1.97. The van der Waals surface area contributed by atoms with Crippen LogP contribution in [0.3, 0.4) is 0 Å². The fraction of sp³-hybridized carbons (Fsp3) is 0.318. The number of aliphatic hydroxyl groups excluding tert-OH is 1. The Balaban J connectivity index is 1.68. The molecular formula is C22H23Cl3N2O5S. The van der Waals surface area contributed by atoms with Crippen LogP contribution in [0.1, 0.15) is 6.92 Å². The Kier molecular flexibility index (Phi) is 8.89. The lowest BCUT2D eigenvalue weighted by molar-refractivity contribution is 0.0924. The third-order valence-corrected chi connectivity index (χ3v) is 7.45. The molecule has 1 heterocycles. The van der Waals surface area contributed by atoms with Crippen LogP contribution in [0.15, 0.2) is 64.9 Å². The number of sulfone groups is 1. The van der Waals surface area contributed by atoms with E-state index in [1.54, 1.807) is 23.3 Å². The summed E-state index contributed by atoms with van der Waals surface area (Å²) in [6.45, 7) is 2.58. The fourth-order valence-electron chi connectivity index (χ4n) is 2.83. The Morgan fingerprint density at radius 3 is 2.30 bits per heavy atom. The maximum absolute atomic E-state index is 13.1. The van der Waals surface area contributed by atoms with E-state index >= 15 is 0 Å². The van der Waals surface area contributed by atoms with Gasteiger partial charge in [-0.25, -0.2) is 13.4 Å². The van der Waals surface area contributed by atoms with E-state index in [0.717, 1.165) is 0 Å². The van der Waals surface area contributed by atoms with Crippen molar-refractivity contribution in [2.24, 2.45) is 5.92 Å². The number of nitrogens with zero attached hydrogens (tertiary/aromatic N) is 2. The molecule has 0 aliphatic carbocycles. The summed E-state index contributed by atoms with van der Waals surface area (Å²) < 4.78 is 39.0. The van der Waals surface area contributed by atoms with Gasteiger partial charge in [0.15, 0.2) is 5.75 Å². The van der Waals surface area contributed by atoms with Crippen molar-refractivity contribution >= 4 is 44.6 Å². The minimum Gasteiger partial charge on any atom is -0.491 e. The molecule has 1 N–H and O–H groups in total. The van der Waals surface area contributed by atoms with E-state index in [-0.39, 0.29) is 38.1 Å². The van der Waals surface area contributed by atoms with Crippen LogP contribution in [0.5, 0.6) is 11.5 Å². The SMILES string of the molecule is CC(CCl)COc1c(Cl)cc(S(=O)(=O)c2ccc(OCC(O)Cn3ccnc3)cc2)cc1Cl. The van der Waals surface area contributed by atoms with Gasteiger partial charge in [-0.3, -0.25) is 0 Å². The molecule has 3 rings (SSSR count). The van der Waals surface area contributed by atoms with E-state index in [1.807, 2.05) is 6.92 Å². The maximum atomic E-state index is 13.1. The molecule has 0 fully saturated rings. The number of aliphatic hydroxyl groups is 1. The second-order valence-electron chi connectivity index (χ2n) is 7.49. The molecule has 0 radical (unpaired) electrons. The van der Waals surface area contributed by atoms with Crippen LogP contribution in [-0.4, -0.2) is 48.3 Å². The monoisotopic (exact) mass is 532 g/mol. The number of benzene rings is 2. The summed E-state index contributed by atoms with van der Waals surface area (Å²) in [5.74, 6) is 1.12. The van der Waals surface area contributed by atoms with E-state index in [2.05, 4.69) is 4.98 Å². The summed E-state index contributed by atoms with van der Waals surface area (Å²) in [6.07, 6.45) is 4.21. The van der Waals surface area contributed by atoms with Gasteiger partial charge in [-0.2, -0.15) is 0 Å². The first kappa shape index (κ1) is 25.6. The normalized spacial score (nSPS) is 13.5. The van der Waals surface area contributed by atoms with Crippen molar-refractivity contribution in [1.29, 1.82) is 0 Å². The van der Waals surface area contributed by atoms with E-state index in [1.165, 1.54) is 36.4 Å². The first-order chi connectivity index (χ1) is 15.7. The summed E-state index contributed by atoms with van der Waals surface area (Å²) >= 11 is 18.3. The van der Waals surface area contributed by atoms with E-state index in [0.29, 0.717) is 24.8 Å². The first-order valence-corrected chi connectivity index (χ1v) is 12.8. The molecule has 0 amide bonds. The summed E-state index contributed by atoms with van der Waals surface area (Å²) in [7, 11) is -3.88. The van der Waals surface area contributed by atoms with Crippen LogP contribution >= 0.6 is 34.8 Å². The minimum absolute atomic E-state index is 0.0410. The first-order valence-electron chi connectivity index (χ1n) is 10.00. The van der Waals surface area contributed by atoms with Crippen LogP contribution in [0.2, 0.25) is 10.0 Å². The average molecular weight is 534 g/mol. The third-order valence-electron chi connectivity index (χ3n) is 4.61.